The number of ether oxygens (including phenoxy) is 3. The molecule has 1 saturated carbocycles. The summed E-state index contributed by atoms with van der Waals surface area (Å²) in [6.45, 7) is 1.89. The van der Waals surface area contributed by atoms with E-state index in [1.807, 2.05) is 36.4 Å². The lowest BCUT2D eigenvalue weighted by Gasteiger charge is -2.31. The summed E-state index contributed by atoms with van der Waals surface area (Å²) < 4.78 is 17.8. The van der Waals surface area contributed by atoms with Crippen LogP contribution >= 0.6 is 0 Å². The average molecular weight is 405 g/mol. The number of para-hydroxylation sites is 1. The highest BCUT2D eigenvalue weighted by atomic mass is 16.7. The van der Waals surface area contributed by atoms with E-state index in [-0.39, 0.29) is 13.2 Å². The first-order valence-electron chi connectivity index (χ1n) is 11.2. The Morgan fingerprint density at radius 3 is 2.55 bits per heavy atom. The molecule has 2 N–H and O–H groups in total. The van der Waals surface area contributed by atoms with Gasteiger partial charge in [0.05, 0.1) is 13.2 Å². The molecule has 1 aliphatic heterocycles. The predicted octanol–water partition coefficient (Wildman–Crippen LogP) is 4.08. The SMILES string of the molecule is OCCCCCCCC1C(C=CC(O)COc2ccccc2)CCC12OCCO2. The normalized spacial score (nSPS) is 24.5. The van der Waals surface area contributed by atoms with E-state index < -0.39 is 11.9 Å². The van der Waals surface area contributed by atoms with E-state index in [1.165, 1.54) is 6.42 Å². The maximum atomic E-state index is 10.3. The highest BCUT2D eigenvalue weighted by Gasteiger charge is 2.51. The van der Waals surface area contributed by atoms with Crippen LogP contribution in [0, 0.1) is 11.8 Å². The number of hydrogen-bond donors (Lipinski definition) is 2. The van der Waals surface area contributed by atoms with E-state index in [4.69, 9.17) is 19.3 Å². The summed E-state index contributed by atoms with van der Waals surface area (Å²) in [5.74, 6) is 1.04. The van der Waals surface area contributed by atoms with Crippen molar-refractivity contribution in [3.63, 3.8) is 0 Å². The van der Waals surface area contributed by atoms with Crippen molar-refractivity contribution in [3.8, 4) is 5.75 Å². The Kier molecular flexibility index (Phi) is 8.99. The second-order valence-electron chi connectivity index (χ2n) is 8.17. The van der Waals surface area contributed by atoms with Crippen molar-refractivity contribution in [3.05, 3.63) is 42.5 Å². The minimum Gasteiger partial charge on any atom is -0.491 e. The number of unbranched alkanes of at least 4 members (excludes halogenated alkanes) is 4. The van der Waals surface area contributed by atoms with Crippen LogP contribution in [0.2, 0.25) is 0 Å². The van der Waals surface area contributed by atoms with Gasteiger partial charge in [-0.3, -0.25) is 0 Å². The summed E-state index contributed by atoms with van der Waals surface area (Å²) >= 11 is 0. The molecule has 3 rings (SSSR count). The van der Waals surface area contributed by atoms with E-state index in [0.717, 1.165) is 50.7 Å². The molecule has 2 aliphatic rings. The van der Waals surface area contributed by atoms with E-state index in [0.29, 0.717) is 25.0 Å². The van der Waals surface area contributed by atoms with Crippen molar-refractivity contribution < 1.29 is 24.4 Å². The van der Waals surface area contributed by atoms with Crippen LogP contribution in [0.1, 0.15) is 51.4 Å². The molecule has 1 aromatic carbocycles. The Morgan fingerprint density at radius 1 is 1.07 bits per heavy atom. The predicted molar refractivity (Wildman–Crippen MR) is 113 cm³/mol. The van der Waals surface area contributed by atoms with Crippen molar-refractivity contribution >= 4 is 0 Å². The van der Waals surface area contributed by atoms with Crippen molar-refractivity contribution in [2.75, 3.05) is 26.4 Å². The van der Waals surface area contributed by atoms with Gasteiger partial charge >= 0.3 is 0 Å². The summed E-state index contributed by atoms with van der Waals surface area (Å²) in [4.78, 5) is 0. The molecule has 1 saturated heterocycles. The Morgan fingerprint density at radius 2 is 1.79 bits per heavy atom. The minimum absolute atomic E-state index is 0.251. The molecule has 1 aromatic rings. The van der Waals surface area contributed by atoms with Crippen LogP contribution in [0.3, 0.4) is 0 Å². The molecule has 162 valence electrons. The fraction of sp³-hybridized carbons (Fsp3) is 0.667. The zero-order valence-electron chi connectivity index (χ0n) is 17.4. The smallest absolute Gasteiger partial charge is 0.171 e. The second kappa shape index (κ2) is 11.7. The zero-order valence-corrected chi connectivity index (χ0v) is 17.4. The molecule has 3 atom stereocenters. The molecule has 0 amide bonds. The fourth-order valence-electron chi connectivity index (χ4n) is 4.61. The van der Waals surface area contributed by atoms with Gasteiger partial charge in [0.15, 0.2) is 5.79 Å². The summed E-state index contributed by atoms with van der Waals surface area (Å²) in [5, 5.41) is 19.2. The molecule has 2 fully saturated rings. The number of aliphatic hydroxyl groups is 2. The van der Waals surface area contributed by atoms with Crippen molar-refractivity contribution in [1.82, 2.24) is 0 Å². The van der Waals surface area contributed by atoms with Crippen LogP contribution in [0.25, 0.3) is 0 Å². The Labute approximate surface area is 174 Å². The second-order valence-corrected chi connectivity index (χ2v) is 8.17. The molecule has 3 unspecified atom stereocenters. The van der Waals surface area contributed by atoms with Crippen LogP contribution in [0.4, 0.5) is 0 Å². The van der Waals surface area contributed by atoms with E-state index in [2.05, 4.69) is 6.08 Å². The summed E-state index contributed by atoms with van der Waals surface area (Å²) in [5.41, 5.74) is 0. The third kappa shape index (κ3) is 6.54. The maximum Gasteiger partial charge on any atom is 0.171 e. The molecule has 1 aliphatic carbocycles. The molecule has 0 aromatic heterocycles. The molecule has 1 heterocycles. The highest BCUT2D eigenvalue weighted by molar-refractivity contribution is 5.21. The lowest BCUT2D eigenvalue weighted by atomic mass is 9.87. The number of allylic oxidation sites excluding steroid dienone is 1. The van der Waals surface area contributed by atoms with Gasteiger partial charge in [-0.15, -0.1) is 0 Å². The number of benzene rings is 1. The van der Waals surface area contributed by atoms with Gasteiger partial charge in [-0.2, -0.15) is 0 Å². The fourth-order valence-corrected chi connectivity index (χ4v) is 4.61. The van der Waals surface area contributed by atoms with Gasteiger partial charge < -0.3 is 24.4 Å². The molecule has 1 spiro atoms. The van der Waals surface area contributed by atoms with Gasteiger partial charge in [-0.05, 0) is 37.3 Å². The van der Waals surface area contributed by atoms with Crippen molar-refractivity contribution in [2.45, 2.75) is 63.3 Å². The van der Waals surface area contributed by atoms with Crippen LogP contribution in [-0.4, -0.2) is 48.5 Å². The number of hydrogen-bond acceptors (Lipinski definition) is 5. The van der Waals surface area contributed by atoms with Crippen LogP contribution < -0.4 is 4.74 Å². The summed E-state index contributed by atoms with van der Waals surface area (Å²) in [6.07, 6.45) is 11.9. The van der Waals surface area contributed by atoms with E-state index in [1.54, 1.807) is 0 Å². The number of rotatable bonds is 12. The Hall–Kier alpha value is -1.40. The van der Waals surface area contributed by atoms with Crippen LogP contribution in [0.15, 0.2) is 42.5 Å². The van der Waals surface area contributed by atoms with Crippen LogP contribution in [0.5, 0.6) is 5.75 Å². The highest BCUT2D eigenvalue weighted by Crippen LogP contribution is 2.48. The molecule has 5 heteroatoms. The van der Waals surface area contributed by atoms with Gasteiger partial charge in [-0.1, -0.05) is 56.0 Å². The Bertz CT molecular complexity index is 597. The molecule has 29 heavy (non-hydrogen) atoms. The average Bonchev–Trinajstić information content (AvgIpc) is 3.36. The summed E-state index contributed by atoms with van der Waals surface area (Å²) in [6, 6.07) is 9.57. The molecular formula is C24H36O5. The lowest BCUT2D eigenvalue weighted by Crippen LogP contribution is -2.36. The van der Waals surface area contributed by atoms with E-state index in [9.17, 15) is 5.11 Å². The molecule has 0 radical (unpaired) electrons. The molecule has 0 bridgehead atoms. The first-order valence-corrected chi connectivity index (χ1v) is 11.2. The van der Waals surface area contributed by atoms with Crippen LogP contribution in [-0.2, 0) is 9.47 Å². The van der Waals surface area contributed by atoms with Crippen molar-refractivity contribution in [2.24, 2.45) is 11.8 Å². The standard InChI is InChI=1S/C24H36O5/c25-16-8-3-1-2-7-11-23-20(14-15-24(23)28-17-18-29-24)12-13-21(26)19-27-22-9-5-4-6-10-22/h4-6,9-10,12-13,20-21,23,25-26H,1-3,7-8,11,14-19H2. The van der Waals surface area contributed by atoms with Gasteiger partial charge in [0.1, 0.15) is 18.5 Å². The van der Waals surface area contributed by atoms with E-state index >= 15 is 0 Å². The third-order valence-electron chi connectivity index (χ3n) is 6.10. The lowest BCUT2D eigenvalue weighted by molar-refractivity contribution is -0.186. The van der Waals surface area contributed by atoms with Gasteiger partial charge in [0.2, 0.25) is 0 Å². The van der Waals surface area contributed by atoms with Gasteiger partial charge in [0.25, 0.3) is 0 Å². The maximum absolute atomic E-state index is 10.3. The quantitative estimate of drug-likeness (QED) is 0.406. The molecule has 5 nitrogen and oxygen atoms in total. The Balaban J connectivity index is 1.49. The first-order chi connectivity index (χ1) is 14.2. The summed E-state index contributed by atoms with van der Waals surface area (Å²) in [7, 11) is 0. The third-order valence-corrected chi connectivity index (χ3v) is 6.10. The molecular weight excluding hydrogens is 368 g/mol. The van der Waals surface area contributed by atoms with Gasteiger partial charge in [-0.25, -0.2) is 0 Å². The first kappa shape index (κ1) is 22.3. The topological polar surface area (TPSA) is 68.2 Å². The van der Waals surface area contributed by atoms with Gasteiger partial charge in [0, 0.05) is 18.9 Å². The largest absolute Gasteiger partial charge is 0.491 e. The minimum atomic E-state index is -0.628. The number of aliphatic hydroxyl groups excluding tert-OH is 2. The zero-order chi connectivity index (χ0) is 20.4. The monoisotopic (exact) mass is 404 g/mol. The van der Waals surface area contributed by atoms with Crippen molar-refractivity contribution in [1.29, 1.82) is 0 Å².